The van der Waals surface area contributed by atoms with Crippen molar-refractivity contribution in [1.29, 1.82) is 0 Å². The van der Waals surface area contributed by atoms with E-state index in [1.807, 2.05) is 12.2 Å². The summed E-state index contributed by atoms with van der Waals surface area (Å²) in [5.41, 5.74) is 0. The predicted molar refractivity (Wildman–Crippen MR) is 340 cm³/mol. The highest BCUT2D eigenvalue weighted by Crippen LogP contribution is 2.27. The Kier molecular flexibility index (Phi) is 54.0. The number of esters is 3. The Morgan fingerprint density at radius 1 is 0.410 bits per heavy atom. The first-order chi connectivity index (χ1) is 40.6. The second-order valence-electron chi connectivity index (χ2n) is 22.7. The first-order valence-electron chi connectivity index (χ1n) is 33.6. The van der Waals surface area contributed by atoms with Gasteiger partial charge >= 0.3 is 23.9 Å². The number of unbranched alkanes of at least 4 members (excludes halogenated alkanes) is 29. The van der Waals surface area contributed by atoms with Gasteiger partial charge in [-0.05, 0) is 83.5 Å². The lowest BCUT2D eigenvalue weighted by molar-refractivity contribution is -0.301. The molecule has 12 heteroatoms. The van der Waals surface area contributed by atoms with Crippen molar-refractivity contribution in [2.75, 3.05) is 13.2 Å². The molecule has 0 radical (unpaired) electrons. The average molecular weight is 1170 g/mol. The van der Waals surface area contributed by atoms with E-state index in [0.717, 1.165) is 96.3 Å². The molecule has 476 valence electrons. The summed E-state index contributed by atoms with van der Waals surface area (Å²) >= 11 is 0. The minimum absolute atomic E-state index is 0.0476. The van der Waals surface area contributed by atoms with Crippen molar-refractivity contribution in [3.8, 4) is 0 Å². The van der Waals surface area contributed by atoms with Crippen LogP contribution in [0.3, 0.4) is 0 Å². The normalized spacial score (nSPS) is 18.1. The number of ether oxygens (including phenoxy) is 5. The second kappa shape index (κ2) is 58.3. The lowest BCUT2D eigenvalue weighted by atomic mass is 9.98. The van der Waals surface area contributed by atoms with Gasteiger partial charge in [0, 0.05) is 19.3 Å². The molecule has 6 unspecified atom stereocenters. The van der Waals surface area contributed by atoms with Crippen LogP contribution in [0.5, 0.6) is 0 Å². The quantitative estimate of drug-likeness (QED) is 0.0228. The lowest BCUT2D eigenvalue weighted by Gasteiger charge is -2.40. The summed E-state index contributed by atoms with van der Waals surface area (Å²) < 4.78 is 28.5. The van der Waals surface area contributed by atoms with E-state index in [0.29, 0.717) is 19.3 Å². The Labute approximate surface area is 505 Å². The fourth-order valence-corrected chi connectivity index (χ4v) is 9.86. The van der Waals surface area contributed by atoms with Gasteiger partial charge in [-0.25, -0.2) is 4.79 Å². The molecule has 0 saturated carbocycles. The molecule has 3 N–H and O–H groups in total. The van der Waals surface area contributed by atoms with Crippen LogP contribution in [0.25, 0.3) is 0 Å². The van der Waals surface area contributed by atoms with Crippen LogP contribution in [0, 0.1) is 0 Å². The Morgan fingerprint density at radius 3 is 1.20 bits per heavy atom. The molecule has 0 aromatic carbocycles. The predicted octanol–water partition coefficient (Wildman–Crippen LogP) is 18.2. The summed E-state index contributed by atoms with van der Waals surface area (Å²) in [6, 6.07) is 0. The number of allylic oxidation sites excluding steroid dienone is 14. The van der Waals surface area contributed by atoms with Crippen molar-refractivity contribution in [1.82, 2.24) is 0 Å². The third-order valence-corrected chi connectivity index (χ3v) is 15.0. The van der Waals surface area contributed by atoms with Crippen LogP contribution in [-0.2, 0) is 42.9 Å². The van der Waals surface area contributed by atoms with Gasteiger partial charge in [-0.1, -0.05) is 273 Å². The largest absolute Gasteiger partial charge is 0.479 e. The first kappa shape index (κ1) is 76.9. The smallest absolute Gasteiger partial charge is 0.335 e. The molecule has 83 heavy (non-hydrogen) atoms. The Balaban J connectivity index is 2.70. The zero-order valence-corrected chi connectivity index (χ0v) is 52.7. The van der Waals surface area contributed by atoms with Gasteiger partial charge in [-0.2, -0.15) is 0 Å². The third-order valence-electron chi connectivity index (χ3n) is 15.0. The van der Waals surface area contributed by atoms with Gasteiger partial charge in [0.05, 0.1) is 6.61 Å². The van der Waals surface area contributed by atoms with E-state index in [9.17, 15) is 34.5 Å². The third kappa shape index (κ3) is 47.8. The van der Waals surface area contributed by atoms with Gasteiger partial charge in [-0.3, -0.25) is 14.4 Å². The zero-order chi connectivity index (χ0) is 60.3. The number of carbonyl (C=O) groups is 4. The van der Waals surface area contributed by atoms with Crippen LogP contribution in [0.1, 0.15) is 290 Å². The first-order valence-corrected chi connectivity index (χ1v) is 33.6. The van der Waals surface area contributed by atoms with Gasteiger partial charge < -0.3 is 39.0 Å². The molecule has 0 aromatic heterocycles. The van der Waals surface area contributed by atoms with Gasteiger partial charge in [0.2, 0.25) is 0 Å². The van der Waals surface area contributed by atoms with E-state index in [1.165, 1.54) is 135 Å². The molecule has 1 aliphatic heterocycles. The van der Waals surface area contributed by atoms with Crippen molar-refractivity contribution < 1.29 is 58.2 Å². The molecule has 0 bridgehead atoms. The number of aliphatic hydroxyl groups excluding tert-OH is 2. The zero-order valence-electron chi connectivity index (χ0n) is 52.7. The van der Waals surface area contributed by atoms with Crippen LogP contribution in [-0.4, -0.2) is 89.2 Å². The Morgan fingerprint density at radius 2 is 0.783 bits per heavy atom. The molecule has 0 amide bonds. The summed E-state index contributed by atoms with van der Waals surface area (Å²) in [5, 5.41) is 31.6. The fourth-order valence-electron chi connectivity index (χ4n) is 9.86. The number of aliphatic hydroxyl groups is 2. The number of aliphatic carboxylic acids is 1. The lowest BCUT2D eigenvalue weighted by Crippen LogP contribution is -2.61. The van der Waals surface area contributed by atoms with Crippen LogP contribution in [0.15, 0.2) is 85.1 Å². The van der Waals surface area contributed by atoms with Gasteiger partial charge in [0.1, 0.15) is 18.8 Å². The molecule has 6 atom stereocenters. The van der Waals surface area contributed by atoms with Crippen molar-refractivity contribution >= 4 is 23.9 Å². The average Bonchev–Trinajstić information content (AvgIpc) is 3.59. The highest BCUT2D eigenvalue weighted by atomic mass is 16.7. The maximum Gasteiger partial charge on any atom is 0.335 e. The minimum Gasteiger partial charge on any atom is -0.479 e. The van der Waals surface area contributed by atoms with Crippen LogP contribution in [0.2, 0.25) is 0 Å². The molecule has 0 aliphatic carbocycles. The number of carboxylic acid groups (broad SMARTS) is 1. The number of hydrogen-bond donors (Lipinski definition) is 3. The van der Waals surface area contributed by atoms with Crippen molar-refractivity contribution in [2.45, 2.75) is 327 Å². The van der Waals surface area contributed by atoms with E-state index in [-0.39, 0.29) is 25.9 Å². The number of hydrogen-bond acceptors (Lipinski definition) is 11. The number of carboxylic acids is 1. The standard InChI is InChI=1S/C71H120O12/c1-4-7-10-13-16-19-22-25-28-31-32-35-36-39-42-45-48-51-54-57-63(72)79-60-62(81-64(73)58-55-52-49-46-43-40-37-33-29-26-23-20-17-14-11-8-5-2)61-80-71-69(67(76)66(75)68(83-71)70(77)78)82-65(74)59-56-53-50-47-44-41-38-34-30-27-24-21-18-15-12-9-6-3/h7,10,16,19,25,27-28,30,32,35,39,42,48,51,62,66-69,71,75-76H,4-6,8-9,11-15,17-18,20-24,26,29,31,33-34,36-38,40-41,43-47,49-50,52-61H2,1-3H3,(H,77,78)/b10-7-,19-16-,28-25-,30-27-,35-32-,42-39-,51-48-. The highest BCUT2D eigenvalue weighted by Gasteiger charge is 2.50. The van der Waals surface area contributed by atoms with E-state index in [4.69, 9.17) is 23.7 Å². The van der Waals surface area contributed by atoms with Crippen LogP contribution < -0.4 is 0 Å². The van der Waals surface area contributed by atoms with Gasteiger partial charge in [0.25, 0.3) is 0 Å². The minimum atomic E-state index is -1.92. The number of carbonyl (C=O) groups excluding carboxylic acids is 3. The van der Waals surface area contributed by atoms with Crippen molar-refractivity contribution in [3.05, 3.63) is 85.1 Å². The van der Waals surface area contributed by atoms with Crippen molar-refractivity contribution in [2.24, 2.45) is 0 Å². The molecule has 1 aliphatic rings. The SMILES string of the molecule is CC/C=C\C/C=C\C/C=C\C/C=C\C/C=C\C/C=C\CCC(=O)OCC(COC1OC(C(=O)O)C(O)C(O)C1OC(=O)CCCCCCCCC/C=C\CCCCCCCC)OC(=O)CCCCCCCCCCCCCCCCCCC. The summed E-state index contributed by atoms with van der Waals surface area (Å²) in [7, 11) is 0. The fraction of sp³-hybridized carbons (Fsp3) is 0.746. The Hall–Kier alpha value is -4.10. The van der Waals surface area contributed by atoms with E-state index >= 15 is 0 Å². The molecule has 1 fully saturated rings. The van der Waals surface area contributed by atoms with E-state index < -0.39 is 67.3 Å². The molecule has 12 nitrogen and oxygen atoms in total. The molecule has 1 heterocycles. The molecule has 1 saturated heterocycles. The van der Waals surface area contributed by atoms with E-state index in [1.54, 1.807) is 0 Å². The van der Waals surface area contributed by atoms with Crippen molar-refractivity contribution in [3.63, 3.8) is 0 Å². The molecular formula is C71H120O12. The maximum atomic E-state index is 13.2. The molecule has 0 aromatic rings. The topological polar surface area (TPSA) is 175 Å². The summed E-state index contributed by atoms with van der Waals surface area (Å²) in [6.45, 7) is 5.85. The second-order valence-corrected chi connectivity index (χ2v) is 22.7. The molecule has 0 spiro atoms. The van der Waals surface area contributed by atoms with Crippen LogP contribution in [0.4, 0.5) is 0 Å². The molecule has 1 rings (SSSR count). The van der Waals surface area contributed by atoms with Crippen LogP contribution >= 0.6 is 0 Å². The van der Waals surface area contributed by atoms with Gasteiger partial charge in [0.15, 0.2) is 24.6 Å². The Bertz CT molecular complexity index is 1760. The summed E-state index contributed by atoms with van der Waals surface area (Å²) in [6.07, 6.45) is 64.1. The van der Waals surface area contributed by atoms with Gasteiger partial charge in [-0.15, -0.1) is 0 Å². The summed E-state index contributed by atoms with van der Waals surface area (Å²) in [5.74, 6) is -3.22. The number of rotatable bonds is 57. The highest BCUT2D eigenvalue weighted by molar-refractivity contribution is 5.74. The monoisotopic (exact) mass is 1160 g/mol. The van der Waals surface area contributed by atoms with E-state index in [2.05, 4.69) is 93.7 Å². The molecular weight excluding hydrogens is 1040 g/mol. The summed E-state index contributed by atoms with van der Waals surface area (Å²) in [4.78, 5) is 51.4. The maximum absolute atomic E-state index is 13.2.